The fraction of sp³-hybridized carbons (Fsp3) is 0.357. The number of hydrogen-bond acceptors (Lipinski definition) is 3. The van der Waals surface area contributed by atoms with Crippen LogP contribution >= 0.6 is 0 Å². The number of H-pyrrole nitrogens is 1. The van der Waals surface area contributed by atoms with Crippen LogP contribution in [0.2, 0.25) is 0 Å². The van der Waals surface area contributed by atoms with E-state index in [1.807, 2.05) is 0 Å². The lowest BCUT2D eigenvalue weighted by molar-refractivity contribution is 0.384. The average molecular weight is 309 g/mol. The maximum Gasteiger partial charge on any atom is 0.244 e. The van der Waals surface area contributed by atoms with E-state index in [0.717, 1.165) is 6.42 Å². The van der Waals surface area contributed by atoms with Gasteiger partial charge in [-0.3, -0.25) is 0 Å². The molecular formula is C14H16FN3O2S. The Balaban J connectivity index is 2.03. The van der Waals surface area contributed by atoms with E-state index in [4.69, 9.17) is 0 Å². The summed E-state index contributed by atoms with van der Waals surface area (Å²) < 4.78 is 40.7. The minimum Gasteiger partial charge on any atom is -0.347 e. The molecule has 1 unspecified atom stereocenters. The first-order valence-corrected chi connectivity index (χ1v) is 8.22. The molecule has 0 saturated carbocycles. The Morgan fingerprint density at radius 2 is 2.24 bits per heavy atom. The quantitative estimate of drug-likeness (QED) is 0.946. The van der Waals surface area contributed by atoms with Crippen molar-refractivity contribution in [3.05, 3.63) is 47.8 Å². The predicted molar refractivity (Wildman–Crippen MR) is 75.6 cm³/mol. The molecule has 1 aromatic heterocycles. The Hall–Kier alpha value is -1.73. The highest BCUT2D eigenvalue weighted by Crippen LogP contribution is 2.35. The molecule has 1 saturated heterocycles. The van der Waals surface area contributed by atoms with Gasteiger partial charge in [0.25, 0.3) is 0 Å². The summed E-state index contributed by atoms with van der Waals surface area (Å²) in [6, 6.07) is 3.83. The van der Waals surface area contributed by atoms with Gasteiger partial charge in [-0.15, -0.1) is 0 Å². The number of nitrogens with one attached hydrogen (secondary N) is 1. The van der Waals surface area contributed by atoms with Crippen LogP contribution in [-0.2, 0) is 10.0 Å². The minimum absolute atomic E-state index is 0.0287. The number of aromatic nitrogens is 2. The van der Waals surface area contributed by atoms with Crippen molar-refractivity contribution in [1.29, 1.82) is 0 Å². The van der Waals surface area contributed by atoms with E-state index in [0.29, 0.717) is 18.8 Å². The van der Waals surface area contributed by atoms with Gasteiger partial charge >= 0.3 is 0 Å². The summed E-state index contributed by atoms with van der Waals surface area (Å²) in [5, 5.41) is 0. The third kappa shape index (κ3) is 2.36. The summed E-state index contributed by atoms with van der Waals surface area (Å²) in [6.45, 7) is 1.91. The van der Waals surface area contributed by atoms with Crippen LogP contribution in [0.3, 0.4) is 0 Å². The predicted octanol–water partition coefficient (Wildman–Crippen LogP) is 2.38. The van der Waals surface area contributed by atoms with Crippen molar-refractivity contribution in [2.24, 2.45) is 0 Å². The summed E-state index contributed by atoms with van der Waals surface area (Å²) in [7, 11) is -3.73. The van der Waals surface area contributed by atoms with E-state index < -0.39 is 15.8 Å². The third-order valence-corrected chi connectivity index (χ3v) is 5.90. The molecule has 0 radical (unpaired) electrons. The first kappa shape index (κ1) is 14.2. The fourth-order valence-electron chi connectivity index (χ4n) is 2.75. The lowest BCUT2D eigenvalue weighted by atomic mass is 10.2. The monoisotopic (exact) mass is 309 g/mol. The highest BCUT2D eigenvalue weighted by atomic mass is 32.2. The van der Waals surface area contributed by atoms with Gasteiger partial charge in [-0.1, -0.05) is 6.07 Å². The van der Waals surface area contributed by atoms with Gasteiger partial charge in [0, 0.05) is 24.5 Å². The SMILES string of the molecule is Cc1c(F)cccc1S(=O)(=O)N1CCCC1c1ncc[nH]1. The zero-order chi connectivity index (χ0) is 15.0. The Labute approximate surface area is 122 Å². The first-order chi connectivity index (χ1) is 10.0. The molecule has 1 aliphatic heterocycles. The van der Waals surface area contributed by atoms with Crippen LogP contribution in [0.5, 0.6) is 0 Å². The summed E-state index contributed by atoms with van der Waals surface area (Å²) >= 11 is 0. The standard InChI is InChI=1S/C14H16FN3O2S/c1-10-11(15)4-2-6-13(10)21(19,20)18-9-3-5-12(18)14-16-7-8-17-14/h2,4,6-8,12H,3,5,9H2,1H3,(H,16,17). The fourth-order valence-corrected chi connectivity index (χ4v) is 4.65. The van der Waals surface area contributed by atoms with Gasteiger partial charge in [-0.05, 0) is 31.9 Å². The average Bonchev–Trinajstić information content (AvgIpc) is 3.11. The molecule has 0 amide bonds. The van der Waals surface area contributed by atoms with Gasteiger partial charge in [0.1, 0.15) is 11.6 Å². The van der Waals surface area contributed by atoms with Gasteiger partial charge in [0.2, 0.25) is 10.0 Å². The largest absolute Gasteiger partial charge is 0.347 e. The molecule has 7 heteroatoms. The van der Waals surface area contributed by atoms with Crippen LogP contribution < -0.4 is 0 Å². The van der Waals surface area contributed by atoms with Crippen molar-refractivity contribution in [3.63, 3.8) is 0 Å². The number of benzene rings is 1. The highest BCUT2D eigenvalue weighted by molar-refractivity contribution is 7.89. The molecule has 1 N–H and O–H groups in total. The minimum atomic E-state index is -3.73. The van der Waals surface area contributed by atoms with E-state index in [-0.39, 0.29) is 16.5 Å². The Morgan fingerprint density at radius 1 is 1.43 bits per heavy atom. The van der Waals surface area contributed by atoms with Crippen LogP contribution in [0, 0.1) is 12.7 Å². The molecule has 3 rings (SSSR count). The second-order valence-corrected chi connectivity index (χ2v) is 6.97. The van der Waals surface area contributed by atoms with E-state index in [1.165, 1.54) is 29.4 Å². The maximum absolute atomic E-state index is 13.7. The maximum atomic E-state index is 13.7. The normalized spacial score (nSPS) is 20.0. The number of hydrogen-bond donors (Lipinski definition) is 1. The molecule has 2 heterocycles. The summed E-state index contributed by atoms with van der Waals surface area (Å²) in [4.78, 5) is 7.16. The third-order valence-electron chi connectivity index (χ3n) is 3.84. The van der Waals surface area contributed by atoms with Crippen molar-refractivity contribution in [1.82, 2.24) is 14.3 Å². The Bertz CT molecular complexity index is 744. The zero-order valence-electron chi connectivity index (χ0n) is 11.6. The van der Waals surface area contributed by atoms with Crippen molar-refractivity contribution < 1.29 is 12.8 Å². The molecule has 2 aromatic rings. The molecule has 1 aromatic carbocycles. The number of imidazole rings is 1. The molecule has 1 aliphatic rings. The first-order valence-electron chi connectivity index (χ1n) is 6.78. The molecule has 1 atom stereocenters. The lowest BCUT2D eigenvalue weighted by Gasteiger charge is -2.23. The summed E-state index contributed by atoms with van der Waals surface area (Å²) in [6.07, 6.45) is 4.75. The van der Waals surface area contributed by atoms with Crippen molar-refractivity contribution in [2.45, 2.75) is 30.7 Å². The summed E-state index contributed by atoms with van der Waals surface area (Å²) in [5.74, 6) is 0.120. The van der Waals surface area contributed by atoms with Crippen LogP contribution in [0.1, 0.15) is 30.3 Å². The number of nitrogens with zero attached hydrogens (tertiary/aromatic N) is 2. The highest BCUT2D eigenvalue weighted by Gasteiger charge is 2.38. The summed E-state index contributed by atoms with van der Waals surface area (Å²) in [5.41, 5.74) is 0.155. The van der Waals surface area contributed by atoms with Crippen LogP contribution in [0.15, 0.2) is 35.5 Å². The molecule has 0 spiro atoms. The molecule has 0 bridgehead atoms. The van der Waals surface area contributed by atoms with Crippen LogP contribution in [0.4, 0.5) is 4.39 Å². The van der Waals surface area contributed by atoms with Crippen LogP contribution in [-0.4, -0.2) is 29.2 Å². The molecule has 21 heavy (non-hydrogen) atoms. The molecule has 0 aliphatic carbocycles. The Morgan fingerprint density at radius 3 is 2.95 bits per heavy atom. The number of rotatable bonds is 3. The number of halogens is 1. The lowest BCUT2D eigenvalue weighted by Crippen LogP contribution is -2.31. The molecular weight excluding hydrogens is 293 g/mol. The number of aromatic amines is 1. The Kier molecular flexibility index (Phi) is 3.54. The van der Waals surface area contributed by atoms with Crippen LogP contribution in [0.25, 0.3) is 0 Å². The van der Waals surface area contributed by atoms with Gasteiger partial charge in [-0.25, -0.2) is 17.8 Å². The van der Waals surface area contributed by atoms with Gasteiger partial charge in [-0.2, -0.15) is 4.31 Å². The van der Waals surface area contributed by atoms with Crippen molar-refractivity contribution >= 4 is 10.0 Å². The second kappa shape index (κ2) is 5.23. The van der Waals surface area contributed by atoms with E-state index in [2.05, 4.69) is 9.97 Å². The van der Waals surface area contributed by atoms with Crippen molar-refractivity contribution in [3.8, 4) is 0 Å². The number of sulfonamides is 1. The van der Waals surface area contributed by atoms with E-state index in [1.54, 1.807) is 12.4 Å². The van der Waals surface area contributed by atoms with E-state index >= 15 is 0 Å². The second-order valence-electron chi connectivity index (χ2n) is 5.11. The molecule has 1 fully saturated rings. The molecule has 112 valence electrons. The van der Waals surface area contributed by atoms with Crippen molar-refractivity contribution in [2.75, 3.05) is 6.54 Å². The van der Waals surface area contributed by atoms with Gasteiger partial charge < -0.3 is 4.98 Å². The zero-order valence-corrected chi connectivity index (χ0v) is 12.4. The topological polar surface area (TPSA) is 66.1 Å². The van der Waals surface area contributed by atoms with Gasteiger partial charge in [0.15, 0.2) is 0 Å². The molecule has 5 nitrogen and oxygen atoms in total. The smallest absolute Gasteiger partial charge is 0.244 e. The van der Waals surface area contributed by atoms with Gasteiger partial charge in [0.05, 0.1) is 10.9 Å². The van der Waals surface area contributed by atoms with E-state index in [9.17, 15) is 12.8 Å².